The monoisotopic (exact) mass is 234 g/mol. The van der Waals surface area contributed by atoms with Crippen molar-refractivity contribution in [3.8, 4) is 0 Å². The highest BCUT2D eigenvalue weighted by atomic mass is 16.5. The van der Waals surface area contributed by atoms with Crippen LogP contribution in [0.2, 0.25) is 0 Å². The summed E-state index contributed by atoms with van der Waals surface area (Å²) in [6, 6.07) is 2.41. The molecular formula is C12H18N4O. The number of rotatable bonds is 1. The van der Waals surface area contributed by atoms with Gasteiger partial charge in [-0.05, 0) is 20.0 Å². The summed E-state index contributed by atoms with van der Waals surface area (Å²) < 4.78 is 5.82. The predicted molar refractivity (Wildman–Crippen MR) is 65.1 cm³/mol. The van der Waals surface area contributed by atoms with Crippen molar-refractivity contribution in [3.63, 3.8) is 0 Å². The molecule has 1 aromatic heterocycles. The number of ether oxygens (including phenoxy) is 1. The van der Waals surface area contributed by atoms with Gasteiger partial charge in [-0.2, -0.15) is 0 Å². The number of likely N-dealkylation sites (N-methyl/N-ethyl adjacent to an activating group) is 1. The summed E-state index contributed by atoms with van der Waals surface area (Å²) in [5.41, 5.74) is 1.01. The first-order valence-corrected chi connectivity index (χ1v) is 6.10. The second kappa shape index (κ2) is 4.23. The van der Waals surface area contributed by atoms with Crippen molar-refractivity contribution in [1.82, 2.24) is 14.9 Å². The molecule has 2 atom stereocenters. The van der Waals surface area contributed by atoms with Crippen LogP contribution in [0.4, 0.5) is 5.95 Å². The molecule has 3 heterocycles. The highest BCUT2D eigenvalue weighted by Gasteiger charge is 2.39. The number of nitrogens with zero attached hydrogens (tertiary/aromatic N) is 4. The van der Waals surface area contributed by atoms with Gasteiger partial charge in [0.05, 0.1) is 18.8 Å². The Hall–Kier alpha value is -1.20. The van der Waals surface area contributed by atoms with Crippen molar-refractivity contribution in [1.29, 1.82) is 0 Å². The average molecular weight is 234 g/mol. The van der Waals surface area contributed by atoms with Crippen LogP contribution < -0.4 is 4.90 Å². The zero-order chi connectivity index (χ0) is 11.8. The van der Waals surface area contributed by atoms with Crippen LogP contribution in [0.25, 0.3) is 0 Å². The fraction of sp³-hybridized carbons (Fsp3) is 0.667. The van der Waals surface area contributed by atoms with Crippen molar-refractivity contribution in [2.75, 3.05) is 38.2 Å². The van der Waals surface area contributed by atoms with Crippen molar-refractivity contribution in [3.05, 3.63) is 18.0 Å². The van der Waals surface area contributed by atoms with E-state index in [4.69, 9.17) is 4.74 Å². The average Bonchev–Trinajstić information content (AvgIpc) is 2.74. The molecule has 5 nitrogen and oxygen atoms in total. The van der Waals surface area contributed by atoms with Gasteiger partial charge in [0.1, 0.15) is 0 Å². The fourth-order valence-electron chi connectivity index (χ4n) is 2.61. The normalized spacial score (nSPS) is 29.4. The Labute approximate surface area is 101 Å². The van der Waals surface area contributed by atoms with Crippen LogP contribution in [0, 0.1) is 6.92 Å². The number of hydrogen-bond donors (Lipinski definition) is 0. The Morgan fingerprint density at radius 2 is 2.29 bits per heavy atom. The molecule has 92 valence electrons. The Kier molecular flexibility index (Phi) is 2.72. The summed E-state index contributed by atoms with van der Waals surface area (Å²) in [5, 5.41) is 0. The van der Waals surface area contributed by atoms with Gasteiger partial charge in [0.15, 0.2) is 0 Å². The molecule has 0 radical (unpaired) electrons. The van der Waals surface area contributed by atoms with E-state index in [1.807, 2.05) is 19.2 Å². The van der Waals surface area contributed by atoms with Gasteiger partial charge in [-0.1, -0.05) is 0 Å². The summed E-state index contributed by atoms with van der Waals surface area (Å²) in [6.07, 6.45) is 2.13. The third kappa shape index (κ3) is 2.00. The second-order valence-corrected chi connectivity index (χ2v) is 4.86. The summed E-state index contributed by atoms with van der Waals surface area (Å²) in [7, 11) is 2.17. The first-order valence-electron chi connectivity index (χ1n) is 6.10. The van der Waals surface area contributed by atoms with E-state index in [0.717, 1.165) is 37.9 Å². The minimum Gasteiger partial charge on any atom is -0.373 e. The number of hydrogen-bond acceptors (Lipinski definition) is 5. The Bertz CT molecular complexity index is 411. The van der Waals surface area contributed by atoms with Crippen LogP contribution in [0.15, 0.2) is 12.3 Å². The van der Waals surface area contributed by atoms with E-state index in [9.17, 15) is 0 Å². The van der Waals surface area contributed by atoms with Gasteiger partial charge in [0, 0.05) is 31.5 Å². The lowest BCUT2D eigenvalue weighted by Crippen LogP contribution is -2.48. The van der Waals surface area contributed by atoms with E-state index in [1.54, 1.807) is 0 Å². The zero-order valence-corrected chi connectivity index (χ0v) is 10.3. The maximum atomic E-state index is 5.82. The van der Waals surface area contributed by atoms with Crippen LogP contribution >= 0.6 is 0 Å². The predicted octanol–water partition coefficient (Wildman–Crippen LogP) is 0.304. The Balaban J connectivity index is 1.79. The SMILES string of the molecule is Cc1ccnc(N2CC3OCCN(C)C3C2)n1. The van der Waals surface area contributed by atoms with Crippen molar-refractivity contribution in [2.45, 2.75) is 19.1 Å². The van der Waals surface area contributed by atoms with E-state index in [-0.39, 0.29) is 0 Å². The Morgan fingerprint density at radius 3 is 3.06 bits per heavy atom. The summed E-state index contributed by atoms with van der Waals surface area (Å²) >= 11 is 0. The van der Waals surface area contributed by atoms with Crippen LogP contribution in [0.5, 0.6) is 0 Å². The zero-order valence-electron chi connectivity index (χ0n) is 10.3. The molecule has 2 unspecified atom stereocenters. The van der Waals surface area contributed by atoms with Gasteiger partial charge < -0.3 is 9.64 Å². The highest BCUT2D eigenvalue weighted by Crippen LogP contribution is 2.24. The van der Waals surface area contributed by atoms with Crippen LogP contribution in [0.1, 0.15) is 5.69 Å². The van der Waals surface area contributed by atoms with Crippen molar-refractivity contribution < 1.29 is 4.74 Å². The van der Waals surface area contributed by atoms with Crippen LogP contribution in [0.3, 0.4) is 0 Å². The van der Waals surface area contributed by atoms with Crippen LogP contribution in [-0.2, 0) is 4.74 Å². The van der Waals surface area contributed by atoms with Crippen LogP contribution in [-0.4, -0.2) is 60.3 Å². The first kappa shape index (κ1) is 10.9. The highest BCUT2D eigenvalue weighted by molar-refractivity contribution is 5.34. The lowest BCUT2D eigenvalue weighted by atomic mass is 10.1. The lowest BCUT2D eigenvalue weighted by molar-refractivity contribution is -0.0362. The summed E-state index contributed by atoms with van der Waals surface area (Å²) in [6.45, 7) is 5.71. The standard InChI is InChI=1S/C12H18N4O/c1-9-3-4-13-12(14-9)16-7-10-11(8-16)17-6-5-15(10)2/h3-4,10-11H,5-8H2,1-2H3. The molecule has 17 heavy (non-hydrogen) atoms. The maximum Gasteiger partial charge on any atom is 0.225 e. The molecule has 0 N–H and O–H groups in total. The van der Waals surface area contributed by atoms with Gasteiger partial charge in [-0.15, -0.1) is 0 Å². The molecule has 0 aromatic carbocycles. The van der Waals surface area contributed by atoms with Crippen molar-refractivity contribution >= 4 is 5.95 Å². The molecule has 0 spiro atoms. The quantitative estimate of drug-likeness (QED) is 0.699. The van der Waals surface area contributed by atoms with E-state index >= 15 is 0 Å². The van der Waals surface area contributed by atoms with E-state index in [2.05, 4.69) is 26.8 Å². The molecule has 5 heteroatoms. The number of anilines is 1. The first-order chi connectivity index (χ1) is 8.24. The largest absolute Gasteiger partial charge is 0.373 e. The van der Waals surface area contributed by atoms with Gasteiger partial charge in [0.2, 0.25) is 5.95 Å². The fourth-order valence-corrected chi connectivity index (χ4v) is 2.61. The molecule has 2 fully saturated rings. The lowest BCUT2D eigenvalue weighted by Gasteiger charge is -2.33. The molecule has 3 rings (SSSR count). The summed E-state index contributed by atoms with van der Waals surface area (Å²) in [5.74, 6) is 0.830. The molecule has 0 bridgehead atoms. The Morgan fingerprint density at radius 1 is 1.41 bits per heavy atom. The number of morpholine rings is 1. The smallest absolute Gasteiger partial charge is 0.225 e. The number of aryl methyl sites for hydroxylation is 1. The minimum atomic E-state index is 0.304. The van der Waals surface area contributed by atoms with Crippen molar-refractivity contribution in [2.24, 2.45) is 0 Å². The third-order valence-corrected chi connectivity index (χ3v) is 3.64. The minimum absolute atomic E-state index is 0.304. The molecule has 0 aliphatic carbocycles. The number of aromatic nitrogens is 2. The summed E-state index contributed by atoms with van der Waals surface area (Å²) in [4.78, 5) is 13.4. The van der Waals surface area contributed by atoms with E-state index in [1.165, 1.54) is 0 Å². The van der Waals surface area contributed by atoms with Gasteiger partial charge in [-0.25, -0.2) is 9.97 Å². The van der Waals surface area contributed by atoms with Gasteiger partial charge in [0.25, 0.3) is 0 Å². The topological polar surface area (TPSA) is 41.5 Å². The van der Waals surface area contributed by atoms with E-state index < -0.39 is 0 Å². The van der Waals surface area contributed by atoms with Gasteiger partial charge in [-0.3, -0.25) is 4.90 Å². The van der Waals surface area contributed by atoms with Gasteiger partial charge >= 0.3 is 0 Å². The number of fused-ring (bicyclic) bond motifs is 1. The molecule has 0 amide bonds. The second-order valence-electron chi connectivity index (χ2n) is 4.86. The molecule has 2 aliphatic heterocycles. The molecule has 2 aliphatic rings. The third-order valence-electron chi connectivity index (χ3n) is 3.64. The van der Waals surface area contributed by atoms with E-state index in [0.29, 0.717) is 12.1 Å². The molecule has 1 aromatic rings. The maximum absolute atomic E-state index is 5.82. The molecular weight excluding hydrogens is 216 g/mol. The molecule has 0 saturated carbocycles. The molecule has 2 saturated heterocycles.